The Labute approximate surface area is 187 Å². The van der Waals surface area contributed by atoms with Crippen molar-refractivity contribution in [2.75, 3.05) is 25.0 Å². The van der Waals surface area contributed by atoms with E-state index in [-0.39, 0.29) is 43.0 Å². The number of hydrogen-bond acceptors (Lipinski definition) is 4. The van der Waals surface area contributed by atoms with Crippen LogP contribution in [0, 0.1) is 19.7 Å². The number of rotatable bonds is 7. The van der Waals surface area contributed by atoms with Crippen molar-refractivity contribution in [1.29, 1.82) is 0 Å². The van der Waals surface area contributed by atoms with E-state index in [1.807, 2.05) is 13.8 Å². The van der Waals surface area contributed by atoms with Gasteiger partial charge in [0, 0.05) is 17.8 Å². The second kappa shape index (κ2) is 11.1. The summed E-state index contributed by atoms with van der Waals surface area (Å²) in [6.45, 7) is 7.80. The molecule has 0 aliphatic rings. The molecule has 0 aliphatic carbocycles. The summed E-state index contributed by atoms with van der Waals surface area (Å²) >= 11 is 0. The molecule has 0 saturated carbocycles. The Morgan fingerprint density at radius 1 is 1.28 bits per heavy atom. The molecular formula is C20H28FIN4O3. The van der Waals surface area contributed by atoms with Crippen molar-refractivity contribution in [3.05, 3.63) is 53.2 Å². The number of anilines is 1. The lowest BCUT2D eigenvalue weighted by Crippen LogP contribution is -2.45. The first-order chi connectivity index (χ1) is 13.2. The molecule has 1 aromatic heterocycles. The zero-order chi connectivity index (χ0) is 20.7. The number of nitrogens with zero attached hydrogens (tertiary/aromatic N) is 1. The second-order valence-electron chi connectivity index (χ2n) is 6.71. The smallest absolute Gasteiger partial charge is 0.246 e. The lowest BCUT2D eigenvalue weighted by atomic mass is 9.96. The molecule has 0 saturated heterocycles. The van der Waals surface area contributed by atoms with Crippen molar-refractivity contribution in [2.24, 2.45) is 4.99 Å². The molecule has 1 heterocycles. The van der Waals surface area contributed by atoms with E-state index in [0.29, 0.717) is 29.5 Å². The second-order valence-corrected chi connectivity index (χ2v) is 6.71. The van der Waals surface area contributed by atoms with Crippen LogP contribution in [0.2, 0.25) is 0 Å². The molecule has 0 aliphatic heterocycles. The van der Waals surface area contributed by atoms with Crippen LogP contribution in [0.4, 0.5) is 10.1 Å². The van der Waals surface area contributed by atoms with E-state index < -0.39 is 11.4 Å². The molecule has 1 atom stereocenters. The highest BCUT2D eigenvalue weighted by molar-refractivity contribution is 14.0. The molecule has 1 amide bonds. The van der Waals surface area contributed by atoms with E-state index in [1.165, 1.54) is 18.2 Å². The van der Waals surface area contributed by atoms with Crippen molar-refractivity contribution in [2.45, 2.75) is 33.3 Å². The molecule has 1 aromatic carbocycles. The van der Waals surface area contributed by atoms with E-state index in [1.54, 1.807) is 26.0 Å². The largest absolute Gasteiger partial charge is 0.466 e. The fraction of sp³-hybridized carbons (Fsp3) is 0.400. The van der Waals surface area contributed by atoms with Crippen molar-refractivity contribution in [3.63, 3.8) is 0 Å². The van der Waals surface area contributed by atoms with Gasteiger partial charge in [0.05, 0.1) is 6.54 Å². The maximum absolute atomic E-state index is 13.2. The Balaban J connectivity index is 0.00000420. The summed E-state index contributed by atoms with van der Waals surface area (Å²) in [5.74, 6) is 0.956. The molecule has 0 fully saturated rings. The number of aliphatic imine (C=N–C) groups is 1. The van der Waals surface area contributed by atoms with Crippen molar-refractivity contribution >= 4 is 41.5 Å². The van der Waals surface area contributed by atoms with Gasteiger partial charge in [0.1, 0.15) is 29.5 Å². The van der Waals surface area contributed by atoms with Crippen LogP contribution in [-0.4, -0.2) is 36.6 Å². The van der Waals surface area contributed by atoms with Gasteiger partial charge in [-0.25, -0.2) is 9.38 Å². The zero-order valence-corrected chi connectivity index (χ0v) is 19.3. The molecule has 7 nitrogen and oxygen atoms in total. The van der Waals surface area contributed by atoms with Crippen LogP contribution in [0.5, 0.6) is 0 Å². The van der Waals surface area contributed by atoms with Crippen LogP contribution >= 0.6 is 24.0 Å². The molecule has 2 rings (SSSR count). The number of amides is 1. The first-order valence-electron chi connectivity index (χ1n) is 9.08. The number of hydrogen-bond donors (Lipinski definition) is 4. The summed E-state index contributed by atoms with van der Waals surface area (Å²) < 4.78 is 18.7. The monoisotopic (exact) mass is 518 g/mol. The molecule has 1 unspecified atom stereocenters. The van der Waals surface area contributed by atoms with E-state index in [9.17, 15) is 14.3 Å². The number of nitrogens with one attached hydrogen (secondary N) is 3. The van der Waals surface area contributed by atoms with Crippen LogP contribution in [0.25, 0.3) is 0 Å². The fourth-order valence-corrected chi connectivity index (χ4v) is 2.78. The van der Waals surface area contributed by atoms with Crippen LogP contribution in [0.1, 0.15) is 30.9 Å². The topological polar surface area (TPSA) is 98.9 Å². The third-order valence-electron chi connectivity index (χ3n) is 4.05. The van der Waals surface area contributed by atoms with Crippen LogP contribution in [-0.2, 0) is 10.4 Å². The average molecular weight is 518 g/mol. The van der Waals surface area contributed by atoms with Gasteiger partial charge in [0.2, 0.25) is 5.91 Å². The Bertz CT molecular complexity index is 852. The summed E-state index contributed by atoms with van der Waals surface area (Å²) in [5, 5.41) is 19.4. The van der Waals surface area contributed by atoms with Gasteiger partial charge in [-0.1, -0.05) is 6.07 Å². The number of carbonyl (C=O) groups is 1. The SMILES string of the molecule is CCNC(=NCC(=O)Nc1cccc(F)c1)NCC(C)(O)c1cc(C)oc1C.I. The molecule has 29 heavy (non-hydrogen) atoms. The third kappa shape index (κ3) is 7.65. The Morgan fingerprint density at radius 2 is 2.00 bits per heavy atom. The standard InChI is InChI=1S/C20H27FN4O3.HI/c1-5-22-19(23-11-18(26)25-16-8-6-7-15(21)10-16)24-12-20(4,27)17-9-13(2)28-14(17)3;/h6-10,27H,5,11-12H2,1-4H3,(H,25,26)(H2,22,23,24);1H. The van der Waals surface area contributed by atoms with Crippen molar-refractivity contribution in [1.82, 2.24) is 10.6 Å². The summed E-state index contributed by atoms with van der Waals surface area (Å²) in [6, 6.07) is 7.45. The molecule has 0 bridgehead atoms. The molecule has 4 N–H and O–H groups in total. The molecule has 0 radical (unpaired) electrons. The van der Waals surface area contributed by atoms with Gasteiger partial charge in [0.25, 0.3) is 0 Å². The average Bonchev–Trinajstić information content (AvgIpc) is 2.96. The Morgan fingerprint density at radius 3 is 2.59 bits per heavy atom. The maximum atomic E-state index is 13.2. The Kier molecular flexibility index (Phi) is 9.57. The lowest BCUT2D eigenvalue weighted by molar-refractivity contribution is -0.114. The predicted molar refractivity (Wildman–Crippen MR) is 122 cm³/mol. The number of aliphatic hydroxyl groups is 1. The van der Waals surface area contributed by atoms with E-state index in [2.05, 4.69) is 20.9 Å². The minimum atomic E-state index is -1.18. The zero-order valence-electron chi connectivity index (χ0n) is 17.0. The molecule has 9 heteroatoms. The lowest BCUT2D eigenvalue weighted by Gasteiger charge is -2.24. The molecule has 2 aromatic rings. The third-order valence-corrected chi connectivity index (χ3v) is 4.05. The first kappa shape index (κ1) is 24.9. The number of benzene rings is 1. The summed E-state index contributed by atoms with van der Waals surface area (Å²) in [5.41, 5.74) is -0.119. The highest BCUT2D eigenvalue weighted by Gasteiger charge is 2.27. The minimum absolute atomic E-state index is 0. The maximum Gasteiger partial charge on any atom is 0.246 e. The number of carbonyl (C=O) groups excluding carboxylic acids is 1. The van der Waals surface area contributed by atoms with Crippen LogP contribution in [0.3, 0.4) is 0 Å². The highest BCUT2D eigenvalue weighted by atomic mass is 127. The van der Waals surface area contributed by atoms with Gasteiger partial charge < -0.3 is 25.5 Å². The summed E-state index contributed by atoms with van der Waals surface area (Å²) in [6.07, 6.45) is 0. The van der Waals surface area contributed by atoms with Crippen molar-refractivity contribution < 1.29 is 18.7 Å². The van der Waals surface area contributed by atoms with Gasteiger partial charge >= 0.3 is 0 Å². The predicted octanol–water partition coefficient (Wildman–Crippen LogP) is 3.05. The van der Waals surface area contributed by atoms with Gasteiger partial charge in [-0.3, -0.25) is 4.79 Å². The van der Waals surface area contributed by atoms with Gasteiger partial charge in [-0.2, -0.15) is 0 Å². The highest BCUT2D eigenvalue weighted by Crippen LogP contribution is 2.26. The van der Waals surface area contributed by atoms with Crippen LogP contribution < -0.4 is 16.0 Å². The van der Waals surface area contributed by atoms with Gasteiger partial charge in [0.15, 0.2) is 5.96 Å². The Hall–Kier alpha value is -2.14. The van der Waals surface area contributed by atoms with E-state index in [4.69, 9.17) is 4.42 Å². The quantitative estimate of drug-likeness (QED) is 0.257. The normalized spacial score (nSPS) is 13.2. The van der Waals surface area contributed by atoms with E-state index in [0.717, 1.165) is 5.76 Å². The number of guanidine groups is 1. The first-order valence-corrected chi connectivity index (χ1v) is 9.08. The fourth-order valence-electron chi connectivity index (χ4n) is 2.78. The van der Waals surface area contributed by atoms with Gasteiger partial charge in [-0.05, 0) is 52.0 Å². The summed E-state index contributed by atoms with van der Waals surface area (Å²) in [4.78, 5) is 16.3. The number of halogens is 2. The summed E-state index contributed by atoms with van der Waals surface area (Å²) in [7, 11) is 0. The van der Waals surface area contributed by atoms with Gasteiger partial charge in [-0.15, -0.1) is 24.0 Å². The minimum Gasteiger partial charge on any atom is -0.466 e. The van der Waals surface area contributed by atoms with E-state index >= 15 is 0 Å². The van der Waals surface area contributed by atoms with Crippen molar-refractivity contribution in [3.8, 4) is 0 Å². The molecule has 160 valence electrons. The molecular weight excluding hydrogens is 490 g/mol. The number of aryl methyl sites for hydroxylation is 2. The van der Waals surface area contributed by atoms with Crippen LogP contribution in [0.15, 0.2) is 39.7 Å². The number of furan rings is 1. The molecule has 0 spiro atoms.